The molecule has 6 heteroatoms. The van der Waals surface area contributed by atoms with E-state index in [1.54, 1.807) is 26.0 Å². The molecule has 33 heavy (non-hydrogen) atoms. The van der Waals surface area contributed by atoms with Crippen molar-refractivity contribution in [2.45, 2.75) is 79.4 Å². The van der Waals surface area contributed by atoms with Crippen molar-refractivity contribution >= 4 is 17.7 Å². The quantitative estimate of drug-likeness (QED) is 0.330. The molecule has 3 atom stereocenters. The summed E-state index contributed by atoms with van der Waals surface area (Å²) in [5.41, 5.74) is 0.293. The number of aliphatic hydroxyl groups is 1. The highest BCUT2D eigenvalue weighted by molar-refractivity contribution is 6.04. The Hall–Kier alpha value is -2.73. The van der Waals surface area contributed by atoms with Crippen molar-refractivity contribution in [3.63, 3.8) is 0 Å². The van der Waals surface area contributed by atoms with Crippen LogP contribution in [0, 0.1) is 5.41 Å². The molecule has 1 N–H and O–H groups in total. The second-order valence-corrected chi connectivity index (χ2v) is 9.55. The molecule has 0 unspecified atom stereocenters. The lowest BCUT2D eigenvalue weighted by atomic mass is 9.80. The molecule has 1 rings (SSSR count). The summed E-state index contributed by atoms with van der Waals surface area (Å²) in [7, 11) is 0. The number of carbonyl (C=O) groups is 3. The van der Waals surface area contributed by atoms with Crippen LogP contribution in [0.25, 0.3) is 0 Å². The maximum atomic E-state index is 12.8. The minimum atomic E-state index is -1.63. The second kappa shape index (κ2) is 12.5. The summed E-state index contributed by atoms with van der Waals surface area (Å²) in [5.74, 6) is -1.43. The minimum absolute atomic E-state index is 0.145. The standard InChI is InChI=1S/C27H38O6/c1-19(2)9-8-13-26(6)14-10-22(18-32-21(5)28)23(29)11-16-27(7,31)24(12-15-26)33-25(30)17-20(3)4/h9-12,15-17,24,31H,8,13-14,18H2,1-7H3/b15-12?,16-11+,22-10-/t24-,26+,27-/m1/s1. The fourth-order valence-electron chi connectivity index (χ4n) is 3.22. The predicted octanol–water partition coefficient (Wildman–Crippen LogP) is 4.94. The predicted molar refractivity (Wildman–Crippen MR) is 129 cm³/mol. The molecule has 0 saturated heterocycles. The Morgan fingerprint density at radius 2 is 1.79 bits per heavy atom. The first-order chi connectivity index (χ1) is 15.2. The highest BCUT2D eigenvalue weighted by atomic mass is 16.6. The Kier molecular flexibility index (Phi) is 10.7. The van der Waals surface area contributed by atoms with E-state index < -0.39 is 29.1 Å². The van der Waals surface area contributed by atoms with Crippen molar-refractivity contribution in [2.24, 2.45) is 5.41 Å². The fourth-order valence-corrected chi connectivity index (χ4v) is 3.22. The molecule has 0 aromatic rings. The van der Waals surface area contributed by atoms with Crippen molar-refractivity contribution in [1.82, 2.24) is 0 Å². The van der Waals surface area contributed by atoms with Crippen LogP contribution in [0.4, 0.5) is 0 Å². The monoisotopic (exact) mass is 458 g/mol. The average Bonchev–Trinajstić information content (AvgIpc) is 2.69. The maximum Gasteiger partial charge on any atom is 0.331 e. The summed E-state index contributed by atoms with van der Waals surface area (Å²) in [6.07, 6.45) is 12.6. The van der Waals surface area contributed by atoms with Gasteiger partial charge in [0.2, 0.25) is 0 Å². The first-order valence-electron chi connectivity index (χ1n) is 11.2. The molecule has 6 nitrogen and oxygen atoms in total. The Bertz CT molecular complexity index is 876. The zero-order valence-corrected chi connectivity index (χ0v) is 20.9. The van der Waals surface area contributed by atoms with Crippen LogP contribution in [0.2, 0.25) is 0 Å². The van der Waals surface area contributed by atoms with E-state index in [4.69, 9.17) is 9.47 Å². The molecule has 0 spiro atoms. The third-order valence-corrected chi connectivity index (χ3v) is 5.30. The first kappa shape index (κ1) is 28.3. The van der Waals surface area contributed by atoms with E-state index >= 15 is 0 Å². The lowest BCUT2D eigenvalue weighted by molar-refractivity contribution is -0.148. The van der Waals surface area contributed by atoms with Gasteiger partial charge in [0.25, 0.3) is 0 Å². The van der Waals surface area contributed by atoms with Crippen LogP contribution in [0.5, 0.6) is 0 Å². The SMILES string of the molecule is CC(=O)OC/C1=C/C[C@](C)(CCC=C(C)C)C=C[C@@H](OC(=O)C=C(C)C)[C@](C)(O)/C=C/C1=O. The highest BCUT2D eigenvalue weighted by Gasteiger charge is 2.33. The third kappa shape index (κ3) is 10.6. The molecule has 0 heterocycles. The molecule has 0 saturated carbocycles. The van der Waals surface area contributed by atoms with Gasteiger partial charge in [0, 0.05) is 18.6 Å². The van der Waals surface area contributed by atoms with Gasteiger partial charge in [-0.3, -0.25) is 9.59 Å². The van der Waals surface area contributed by atoms with Gasteiger partial charge in [-0.25, -0.2) is 4.79 Å². The first-order valence-corrected chi connectivity index (χ1v) is 11.2. The Labute approximate surface area is 197 Å². The van der Waals surface area contributed by atoms with Crippen molar-refractivity contribution in [1.29, 1.82) is 0 Å². The number of esters is 2. The highest BCUT2D eigenvalue weighted by Crippen LogP contribution is 2.33. The molecule has 0 aromatic carbocycles. The molecule has 1 aliphatic carbocycles. The summed E-state index contributed by atoms with van der Waals surface area (Å²) in [4.78, 5) is 36.4. The topological polar surface area (TPSA) is 89.9 Å². The van der Waals surface area contributed by atoms with Crippen molar-refractivity contribution in [3.05, 3.63) is 59.3 Å². The normalized spacial score (nSPS) is 27.9. The Balaban J connectivity index is 3.43. The lowest BCUT2D eigenvalue weighted by Gasteiger charge is -2.29. The van der Waals surface area contributed by atoms with Crippen LogP contribution in [0.1, 0.15) is 67.7 Å². The van der Waals surface area contributed by atoms with Crippen LogP contribution >= 0.6 is 0 Å². The van der Waals surface area contributed by atoms with Crippen LogP contribution in [0.3, 0.4) is 0 Å². The van der Waals surface area contributed by atoms with Crippen LogP contribution in [-0.4, -0.2) is 41.1 Å². The molecule has 1 aliphatic rings. The largest absolute Gasteiger partial charge is 0.461 e. The van der Waals surface area contributed by atoms with Crippen LogP contribution < -0.4 is 0 Å². The van der Waals surface area contributed by atoms with E-state index in [0.29, 0.717) is 12.0 Å². The molecular weight excluding hydrogens is 420 g/mol. The number of carbonyl (C=O) groups excluding carboxylic acids is 3. The summed E-state index contributed by atoms with van der Waals surface area (Å²) < 4.78 is 10.6. The van der Waals surface area contributed by atoms with Gasteiger partial charge < -0.3 is 14.6 Å². The number of rotatable bonds is 7. The van der Waals surface area contributed by atoms with Gasteiger partial charge >= 0.3 is 11.9 Å². The molecule has 182 valence electrons. The Morgan fingerprint density at radius 3 is 2.36 bits per heavy atom. The maximum absolute atomic E-state index is 12.8. The molecule has 0 fully saturated rings. The van der Waals surface area contributed by atoms with E-state index in [1.165, 1.54) is 37.6 Å². The molecule has 0 bridgehead atoms. The third-order valence-electron chi connectivity index (χ3n) is 5.30. The van der Waals surface area contributed by atoms with Crippen molar-refractivity contribution in [2.75, 3.05) is 6.61 Å². The zero-order valence-electron chi connectivity index (χ0n) is 20.9. The number of ketones is 1. The molecule has 0 radical (unpaired) electrons. The average molecular weight is 459 g/mol. The van der Waals surface area contributed by atoms with Gasteiger partial charge in [0.05, 0.1) is 0 Å². The summed E-state index contributed by atoms with van der Waals surface area (Å²) in [6.45, 7) is 12.3. The molecule has 0 aliphatic heterocycles. The number of hydrogen-bond donors (Lipinski definition) is 1. The summed E-state index contributed by atoms with van der Waals surface area (Å²) in [6, 6.07) is 0. The van der Waals surface area contributed by atoms with Gasteiger partial charge in [-0.1, -0.05) is 36.3 Å². The van der Waals surface area contributed by atoms with Gasteiger partial charge in [-0.05, 0) is 77.5 Å². The van der Waals surface area contributed by atoms with Gasteiger partial charge in [0.15, 0.2) is 11.9 Å². The fraction of sp³-hybridized carbons (Fsp3) is 0.519. The van der Waals surface area contributed by atoms with E-state index in [0.717, 1.165) is 18.4 Å². The molecule has 0 amide bonds. The zero-order chi connectivity index (χ0) is 25.2. The smallest absolute Gasteiger partial charge is 0.331 e. The number of ether oxygens (including phenoxy) is 2. The molecule has 0 aromatic heterocycles. The molecular formula is C27H38O6. The minimum Gasteiger partial charge on any atom is -0.461 e. The Morgan fingerprint density at radius 1 is 1.12 bits per heavy atom. The van der Waals surface area contributed by atoms with Gasteiger partial charge in [0.1, 0.15) is 12.2 Å². The summed E-state index contributed by atoms with van der Waals surface area (Å²) in [5, 5.41) is 11.1. The van der Waals surface area contributed by atoms with Crippen molar-refractivity contribution < 1.29 is 29.0 Å². The van der Waals surface area contributed by atoms with Crippen molar-refractivity contribution in [3.8, 4) is 0 Å². The van der Waals surface area contributed by atoms with Crippen LogP contribution in [0.15, 0.2) is 59.3 Å². The second-order valence-electron chi connectivity index (χ2n) is 9.55. The summed E-state index contributed by atoms with van der Waals surface area (Å²) >= 11 is 0. The number of hydrogen-bond acceptors (Lipinski definition) is 6. The van der Waals surface area contributed by atoms with Gasteiger partial charge in [-0.2, -0.15) is 0 Å². The van der Waals surface area contributed by atoms with E-state index in [-0.39, 0.29) is 12.4 Å². The van der Waals surface area contributed by atoms with E-state index in [1.807, 2.05) is 26.8 Å². The van der Waals surface area contributed by atoms with Gasteiger partial charge in [-0.15, -0.1) is 0 Å². The lowest BCUT2D eigenvalue weighted by Crippen LogP contribution is -2.39. The van der Waals surface area contributed by atoms with Crippen LogP contribution in [-0.2, 0) is 23.9 Å². The van der Waals surface area contributed by atoms with E-state index in [2.05, 4.69) is 6.08 Å². The van der Waals surface area contributed by atoms with E-state index in [9.17, 15) is 19.5 Å². The number of allylic oxidation sites excluding steroid dienone is 6.